The number of carbonyl (C=O) groups is 1. The van der Waals surface area contributed by atoms with Crippen LogP contribution in [0.25, 0.3) is 0 Å². The van der Waals surface area contributed by atoms with Crippen molar-refractivity contribution < 1.29 is 14.6 Å². The van der Waals surface area contributed by atoms with E-state index in [1.165, 1.54) is 12.0 Å². The standard InChI is InChI=1S/C16H26N2O3/c1-6-18(15-9-7-8-12(2)13(15)3)16(20)17(4)10-14(19)11-21-5/h7-9,14,19H,6,10-11H2,1-5H3/t14-/m0/s1. The molecule has 1 aromatic rings. The number of aliphatic hydroxyl groups excluding tert-OH is 1. The number of urea groups is 1. The first-order valence-electron chi connectivity index (χ1n) is 7.18. The molecular formula is C16H26N2O3. The van der Waals surface area contributed by atoms with Gasteiger partial charge in [0.2, 0.25) is 0 Å². The van der Waals surface area contributed by atoms with Crippen molar-refractivity contribution in [2.45, 2.75) is 26.9 Å². The molecule has 0 unspecified atom stereocenters. The lowest BCUT2D eigenvalue weighted by Gasteiger charge is -2.30. The van der Waals surface area contributed by atoms with E-state index in [2.05, 4.69) is 0 Å². The van der Waals surface area contributed by atoms with Crippen LogP contribution in [0.3, 0.4) is 0 Å². The van der Waals surface area contributed by atoms with Gasteiger partial charge in [0, 0.05) is 26.4 Å². The van der Waals surface area contributed by atoms with Crippen molar-refractivity contribution in [3.8, 4) is 0 Å². The molecule has 1 aromatic carbocycles. The molecule has 0 fully saturated rings. The molecule has 21 heavy (non-hydrogen) atoms. The number of amides is 2. The molecule has 0 heterocycles. The Labute approximate surface area is 127 Å². The van der Waals surface area contributed by atoms with Gasteiger partial charge in [-0.25, -0.2) is 4.79 Å². The molecule has 0 spiro atoms. The van der Waals surface area contributed by atoms with Crippen molar-refractivity contribution in [1.82, 2.24) is 4.90 Å². The summed E-state index contributed by atoms with van der Waals surface area (Å²) in [6.45, 7) is 7.03. The fourth-order valence-electron chi connectivity index (χ4n) is 2.28. The largest absolute Gasteiger partial charge is 0.389 e. The van der Waals surface area contributed by atoms with Gasteiger partial charge in [-0.15, -0.1) is 0 Å². The minimum atomic E-state index is -0.679. The predicted octanol–water partition coefficient (Wildman–Crippen LogP) is 2.19. The van der Waals surface area contributed by atoms with Crippen molar-refractivity contribution in [1.29, 1.82) is 0 Å². The van der Waals surface area contributed by atoms with E-state index >= 15 is 0 Å². The zero-order chi connectivity index (χ0) is 16.0. The molecular weight excluding hydrogens is 268 g/mol. The van der Waals surface area contributed by atoms with Crippen LogP contribution in [0.1, 0.15) is 18.1 Å². The summed E-state index contributed by atoms with van der Waals surface area (Å²) in [5.41, 5.74) is 3.16. The maximum Gasteiger partial charge on any atom is 0.324 e. The summed E-state index contributed by atoms with van der Waals surface area (Å²) in [5.74, 6) is 0. The fourth-order valence-corrected chi connectivity index (χ4v) is 2.28. The average Bonchev–Trinajstić information content (AvgIpc) is 2.44. The van der Waals surface area contributed by atoms with E-state index in [9.17, 15) is 9.90 Å². The zero-order valence-corrected chi connectivity index (χ0v) is 13.6. The minimum absolute atomic E-state index is 0.124. The molecule has 0 aliphatic carbocycles. The third-order valence-electron chi connectivity index (χ3n) is 3.58. The number of nitrogens with zero attached hydrogens (tertiary/aromatic N) is 2. The lowest BCUT2D eigenvalue weighted by molar-refractivity contribution is 0.0496. The molecule has 1 rings (SSSR count). The highest BCUT2D eigenvalue weighted by molar-refractivity contribution is 5.92. The van der Waals surface area contributed by atoms with Gasteiger partial charge in [-0.05, 0) is 38.0 Å². The second kappa shape index (κ2) is 8.00. The van der Waals surface area contributed by atoms with Gasteiger partial charge in [0.25, 0.3) is 0 Å². The number of methoxy groups -OCH3 is 1. The first-order valence-corrected chi connectivity index (χ1v) is 7.18. The summed E-state index contributed by atoms with van der Waals surface area (Å²) >= 11 is 0. The van der Waals surface area contributed by atoms with Gasteiger partial charge in [-0.1, -0.05) is 12.1 Å². The quantitative estimate of drug-likeness (QED) is 0.875. The predicted molar refractivity (Wildman–Crippen MR) is 84.8 cm³/mol. The second-order valence-corrected chi connectivity index (χ2v) is 5.24. The third kappa shape index (κ3) is 4.44. The van der Waals surface area contributed by atoms with E-state index in [1.807, 2.05) is 39.0 Å². The number of likely N-dealkylation sites (N-methyl/N-ethyl adjacent to an activating group) is 1. The summed E-state index contributed by atoms with van der Waals surface area (Å²) in [4.78, 5) is 15.8. The van der Waals surface area contributed by atoms with Gasteiger partial charge in [0.1, 0.15) is 0 Å². The number of aliphatic hydroxyl groups is 1. The van der Waals surface area contributed by atoms with Crippen LogP contribution in [0, 0.1) is 13.8 Å². The van der Waals surface area contributed by atoms with Crippen LogP contribution in [0.5, 0.6) is 0 Å². The van der Waals surface area contributed by atoms with Crippen molar-refractivity contribution in [3.63, 3.8) is 0 Å². The van der Waals surface area contributed by atoms with E-state index in [1.54, 1.807) is 11.9 Å². The molecule has 0 aliphatic heterocycles. The maximum absolute atomic E-state index is 12.6. The molecule has 0 saturated carbocycles. The van der Waals surface area contributed by atoms with Crippen molar-refractivity contribution in [3.05, 3.63) is 29.3 Å². The van der Waals surface area contributed by atoms with Gasteiger partial charge in [0.05, 0.1) is 19.3 Å². The van der Waals surface area contributed by atoms with Crippen LogP contribution in [0.4, 0.5) is 10.5 Å². The third-order valence-corrected chi connectivity index (χ3v) is 3.58. The second-order valence-electron chi connectivity index (χ2n) is 5.24. The first-order chi connectivity index (χ1) is 9.92. The highest BCUT2D eigenvalue weighted by Gasteiger charge is 2.21. The molecule has 1 N–H and O–H groups in total. The summed E-state index contributed by atoms with van der Waals surface area (Å²) < 4.78 is 4.89. The van der Waals surface area contributed by atoms with Crippen molar-refractivity contribution >= 4 is 11.7 Å². The summed E-state index contributed by atoms with van der Waals surface area (Å²) in [6.07, 6.45) is -0.679. The first kappa shape index (κ1) is 17.5. The summed E-state index contributed by atoms with van der Waals surface area (Å²) in [6, 6.07) is 5.81. The van der Waals surface area contributed by atoms with Crippen LogP contribution in [0.2, 0.25) is 0 Å². The Kier molecular flexibility index (Phi) is 6.65. The van der Waals surface area contributed by atoms with Crippen LogP contribution in [-0.2, 0) is 4.74 Å². The zero-order valence-electron chi connectivity index (χ0n) is 13.6. The molecule has 0 saturated heterocycles. The number of ether oxygens (including phenoxy) is 1. The maximum atomic E-state index is 12.6. The molecule has 0 aliphatic rings. The molecule has 0 bridgehead atoms. The number of rotatable bonds is 6. The topological polar surface area (TPSA) is 53.0 Å². The van der Waals surface area contributed by atoms with E-state index in [4.69, 9.17) is 4.74 Å². The number of anilines is 1. The van der Waals surface area contributed by atoms with Gasteiger partial charge in [-0.3, -0.25) is 4.90 Å². The Morgan fingerprint density at radius 2 is 2.05 bits per heavy atom. The minimum Gasteiger partial charge on any atom is -0.389 e. The molecule has 0 radical (unpaired) electrons. The molecule has 5 heteroatoms. The van der Waals surface area contributed by atoms with E-state index in [0.29, 0.717) is 6.54 Å². The normalized spacial score (nSPS) is 12.1. The van der Waals surface area contributed by atoms with Gasteiger partial charge in [0.15, 0.2) is 0 Å². The number of benzene rings is 1. The van der Waals surface area contributed by atoms with Gasteiger partial charge < -0.3 is 14.7 Å². The van der Waals surface area contributed by atoms with Gasteiger partial charge in [-0.2, -0.15) is 0 Å². The van der Waals surface area contributed by atoms with Crippen LogP contribution < -0.4 is 4.90 Å². The smallest absolute Gasteiger partial charge is 0.324 e. The lowest BCUT2D eigenvalue weighted by atomic mass is 10.1. The molecule has 5 nitrogen and oxygen atoms in total. The molecule has 2 amide bonds. The number of carbonyl (C=O) groups excluding carboxylic acids is 1. The average molecular weight is 294 g/mol. The Morgan fingerprint density at radius 1 is 1.38 bits per heavy atom. The number of aryl methyl sites for hydroxylation is 1. The Morgan fingerprint density at radius 3 is 2.62 bits per heavy atom. The van der Waals surface area contributed by atoms with Gasteiger partial charge >= 0.3 is 6.03 Å². The van der Waals surface area contributed by atoms with Crippen molar-refractivity contribution in [2.75, 3.05) is 38.8 Å². The van der Waals surface area contributed by atoms with Crippen LogP contribution in [-0.4, -0.2) is 56.0 Å². The lowest BCUT2D eigenvalue weighted by Crippen LogP contribution is -2.45. The SMILES string of the molecule is CCN(C(=O)N(C)C[C@H](O)COC)c1cccc(C)c1C. The highest BCUT2D eigenvalue weighted by atomic mass is 16.5. The van der Waals surface area contributed by atoms with Crippen LogP contribution >= 0.6 is 0 Å². The van der Waals surface area contributed by atoms with Crippen LogP contribution in [0.15, 0.2) is 18.2 Å². The summed E-state index contributed by atoms with van der Waals surface area (Å²) in [5, 5.41) is 9.75. The Bertz CT molecular complexity index is 477. The monoisotopic (exact) mass is 294 g/mol. The number of hydrogen-bond acceptors (Lipinski definition) is 3. The number of hydrogen-bond donors (Lipinski definition) is 1. The molecule has 1 atom stereocenters. The fraction of sp³-hybridized carbons (Fsp3) is 0.562. The van der Waals surface area contributed by atoms with E-state index in [0.717, 1.165) is 16.8 Å². The molecule has 0 aromatic heterocycles. The highest BCUT2D eigenvalue weighted by Crippen LogP contribution is 2.23. The Balaban J connectivity index is 2.89. The van der Waals surface area contributed by atoms with Crippen molar-refractivity contribution in [2.24, 2.45) is 0 Å². The summed E-state index contributed by atoms with van der Waals surface area (Å²) in [7, 11) is 3.22. The van der Waals surface area contributed by atoms with E-state index in [-0.39, 0.29) is 19.2 Å². The molecule has 118 valence electrons. The van der Waals surface area contributed by atoms with E-state index < -0.39 is 6.10 Å². The Hall–Kier alpha value is -1.59.